The lowest BCUT2D eigenvalue weighted by atomic mass is 10.2. The van der Waals surface area contributed by atoms with Crippen LogP contribution in [0.25, 0.3) is 16.1 Å². The van der Waals surface area contributed by atoms with Crippen molar-refractivity contribution in [3.63, 3.8) is 0 Å². The number of carbonyl (C=O) groups is 1. The lowest BCUT2D eigenvalue weighted by Gasteiger charge is -1.98. The van der Waals surface area contributed by atoms with Gasteiger partial charge in [0.05, 0.1) is 19.1 Å². The number of thiazole rings is 1. The fourth-order valence-electron chi connectivity index (χ4n) is 1.46. The van der Waals surface area contributed by atoms with E-state index in [-0.39, 0.29) is 5.57 Å². The van der Waals surface area contributed by atoms with Crippen molar-refractivity contribution in [2.45, 2.75) is 0 Å². The molecule has 0 radical (unpaired) electrons. The molecule has 0 amide bonds. The quantitative estimate of drug-likeness (QED) is 0.692. The van der Waals surface area contributed by atoms with Gasteiger partial charge in [-0.1, -0.05) is 23.7 Å². The van der Waals surface area contributed by atoms with Crippen LogP contribution in [-0.4, -0.2) is 23.2 Å². The summed E-state index contributed by atoms with van der Waals surface area (Å²) in [6, 6.07) is 7.21. The van der Waals surface area contributed by atoms with Crippen molar-refractivity contribution in [3.8, 4) is 10.6 Å². The van der Waals surface area contributed by atoms with E-state index in [4.69, 9.17) is 21.4 Å². The van der Waals surface area contributed by atoms with Crippen LogP contribution in [-0.2, 0) is 9.53 Å². The molecule has 2 aromatic rings. The van der Waals surface area contributed by atoms with Gasteiger partial charge in [-0.25, -0.2) is 9.78 Å². The van der Waals surface area contributed by atoms with Gasteiger partial charge in [-0.05, 0) is 12.1 Å². The number of hydrogen-bond donors (Lipinski definition) is 1. The van der Waals surface area contributed by atoms with Crippen LogP contribution < -0.4 is 0 Å². The Balaban J connectivity index is 2.35. The van der Waals surface area contributed by atoms with Crippen LogP contribution in [0.3, 0.4) is 0 Å². The third-order valence-electron chi connectivity index (χ3n) is 2.34. The van der Waals surface area contributed by atoms with E-state index in [1.54, 1.807) is 17.5 Å². The van der Waals surface area contributed by atoms with E-state index in [0.717, 1.165) is 10.6 Å². The molecule has 0 atom stereocenters. The lowest BCUT2D eigenvalue weighted by molar-refractivity contribution is -0.130. The zero-order valence-corrected chi connectivity index (χ0v) is 11.5. The van der Waals surface area contributed by atoms with Gasteiger partial charge in [0.15, 0.2) is 0 Å². The predicted molar refractivity (Wildman–Crippen MR) is 75.2 cm³/mol. The normalized spacial score (nSPS) is 11.4. The Morgan fingerprint density at radius 2 is 2.11 bits per heavy atom. The number of aliphatic carboxylic acids is 1. The molecule has 0 bridgehead atoms. The van der Waals surface area contributed by atoms with Gasteiger partial charge in [-0.3, -0.25) is 0 Å². The highest BCUT2D eigenvalue weighted by Crippen LogP contribution is 2.27. The van der Waals surface area contributed by atoms with Gasteiger partial charge >= 0.3 is 5.97 Å². The third kappa shape index (κ3) is 3.13. The smallest absolute Gasteiger partial charge is 0.341 e. The zero-order chi connectivity index (χ0) is 13.8. The molecule has 1 aromatic carbocycles. The molecule has 4 nitrogen and oxygen atoms in total. The average Bonchev–Trinajstić information content (AvgIpc) is 2.85. The maximum Gasteiger partial charge on any atom is 0.341 e. The van der Waals surface area contributed by atoms with E-state index >= 15 is 0 Å². The molecule has 0 unspecified atom stereocenters. The summed E-state index contributed by atoms with van der Waals surface area (Å²) in [5.41, 5.74) is 1.30. The number of methoxy groups -OCH3 is 1. The fourth-order valence-corrected chi connectivity index (χ4v) is 2.41. The first-order valence-corrected chi connectivity index (χ1v) is 6.55. The molecule has 19 heavy (non-hydrogen) atoms. The zero-order valence-electron chi connectivity index (χ0n) is 9.96. The Bertz CT molecular complexity index is 619. The van der Waals surface area contributed by atoms with Crippen LogP contribution in [0.1, 0.15) is 5.69 Å². The minimum absolute atomic E-state index is 0.0268. The van der Waals surface area contributed by atoms with Crippen molar-refractivity contribution < 1.29 is 14.6 Å². The minimum atomic E-state index is -1.07. The first-order chi connectivity index (χ1) is 9.11. The molecular weight excluding hydrogens is 286 g/mol. The fraction of sp³-hybridized carbons (Fsp3) is 0.0769. The molecule has 0 saturated heterocycles. The van der Waals surface area contributed by atoms with Crippen molar-refractivity contribution in [1.29, 1.82) is 0 Å². The van der Waals surface area contributed by atoms with Gasteiger partial charge in [0.25, 0.3) is 0 Å². The number of hydrogen-bond acceptors (Lipinski definition) is 4. The monoisotopic (exact) mass is 295 g/mol. The Morgan fingerprint density at radius 3 is 2.68 bits per heavy atom. The van der Waals surface area contributed by atoms with Crippen LogP contribution in [0.15, 0.2) is 35.9 Å². The molecule has 0 fully saturated rings. The summed E-state index contributed by atoms with van der Waals surface area (Å²) in [5, 5.41) is 12.1. The summed E-state index contributed by atoms with van der Waals surface area (Å²) in [5.74, 6) is -1.07. The van der Waals surface area contributed by atoms with Crippen LogP contribution in [0.5, 0.6) is 0 Å². The second kappa shape index (κ2) is 5.86. The largest absolute Gasteiger partial charge is 0.503 e. The van der Waals surface area contributed by atoms with Gasteiger partial charge < -0.3 is 9.84 Å². The number of carboxylic acids is 1. The highest BCUT2D eigenvalue weighted by atomic mass is 35.5. The van der Waals surface area contributed by atoms with E-state index < -0.39 is 5.97 Å². The van der Waals surface area contributed by atoms with Gasteiger partial charge in [0.1, 0.15) is 10.6 Å². The molecule has 0 aliphatic carbocycles. The Kier molecular flexibility index (Phi) is 4.19. The topological polar surface area (TPSA) is 59.4 Å². The number of halogens is 1. The number of carboxylic acid groups (broad SMARTS) is 1. The first-order valence-electron chi connectivity index (χ1n) is 5.30. The molecule has 1 heterocycles. The minimum Gasteiger partial charge on any atom is -0.503 e. The molecular formula is C13H10ClNO3S. The number of aromatic nitrogens is 1. The van der Waals surface area contributed by atoms with Gasteiger partial charge in [-0.15, -0.1) is 11.3 Å². The number of rotatable bonds is 4. The van der Waals surface area contributed by atoms with Crippen molar-refractivity contribution in [2.24, 2.45) is 0 Å². The molecule has 98 valence electrons. The molecule has 6 heteroatoms. The number of benzene rings is 1. The SMILES string of the molecule is COC=C(C(=O)O)c1csc(-c2ccc(Cl)cc2)n1. The first kappa shape index (κ1) is 13.6. The van der Waals surface area contributed by atoms with Gasteiger partial charge in [0.2, 0.25) is 0 Å². The number of nitrogens with zero attached hydrogens (tertiary/aromatic N) is 1. The second-order valence-corrected chi connectivity index (χ2v) is 4.91. The summed E-state index contributed by atoms with van der Waals surface area (Å²) < 4.78 is 4.75. The van der Waals surface area contributed by atoms with E-state index in [2.05, 4.69) is 4.98 Å². The highest BCUT2D eigenvalue weighted by Gasteiger charge is 2.15. The van der Waals surface area contributed by atoms with E-state index in [9.17, 15) is 4.79 Å². The lowest BCUT2D eigenvalue weighted by Crippen LogP contribution is -2.00. The maximum absolute atomic E-state index is 11.1. The molecule has 0 spiro atoms. The Hall–Kier alpha value is -1.85. The van der Waals surface area contributed by atoms with Gasteiger partial charge in [-0.2, -0.15) is 0 Å². The Labute approximate surface area is 118 Å². The summed E-state index contributed by atoms with van der Waals surface area (Å²) in [6.45, 7) is 0. The molecule has 1 N–H and O–H groups in total. The van der Waals surface area contributed by atoms with Crippen LogP contribution in [0.2, 0.25) is 5.02 Å². The standard InChI is InChI=1S/C13H10ClNO3S/c1-18-6-10(13(16)17)11-7-19-12(15-11)8-2-4-9(14)5-3-8/h2-7H,1H3,(H,16,17). The van der Waals surface area contributed by atoms with Crippen molar-refractivity contribution >= 4 is 34.5 Å². The van der Waals surface area contributed by atoms with Crippen molar-refractivity contribution in [1.82, 2.24) is 4.98 Å². The van der Waals surface area contributed by atoms with E-state index in [1.165, 1.54) is 24.7 Å². The molecule has 1 aromatic heterocycles. The van der Waals surface area contributed by atoms with Gasteiger partial charge in [0, 0.05) is 16.0 Å². The van der Waals surface area contributed by atoms with Crippen LogP contribution in [0, 0.1) is 0 Å². The van der Waals surface area contributed by atoms with Crippen LogP contribution >= 0.6 is 22.9 Å². The van der Waals surface area contributed by atoms with Crippen molar-refractivity contribution in [2.75, 3.05) is 7.11 Å². The summed E-state index contributed by atoms with van der Waals surface area (Å²) in [7, 11) is 1.40. The van der Waals surface area contributed by atoms with Crippen LogP contribution in [0.4, 0.5) is 0 Å². The molecule has 2 rings (SSSR count). The predicted octanol–water partition coefficient (Wildman–Crippen LogP) is 3.54. The molecule has 0 saturated carbocycles. The van der Waals surface area contributed by atoms with E-state index in [0.29, 0.717) is 10.7 Å². The van der Waals surface area contributed by atoms with Crippen molar-refractivity contribution in [3.05, 3.63) is 46.6 Å². The third-order valence-corrected chi connectivity index (χ3v) is 3.48. The molecule has 0 aliphatic heterocycles. The average molecular weight is 296 g/mol. The molecule has 0 aliphatic rings. The summed E-state index contributed by atoms with van der Waals surface area (Å²) in [4.78, 5) is 15.4. The maximum atomic E-state index is 11.1. The summed E-state index contributed by atoms with van der Waals surface area (Å²) in [6.07, 6.45) is 1.17. The van der Waals surface area contributed by atoms with E-state index in [1.807, 2.05) is 12.1 Å². The summed E-state index contributed by atoms with van der Waals surface area (Å²) >= 11 is 7.18. The highest BCUT2D eigenvalue weighted by molar-refractivity contribution is 7.13. The number of ether oxygens (including phenoxy) is 1. The Morgan fingerprint density at radius 1 is 1.42 bits per heavy atom. The second-order valence-electron chi connectivity index (χ2n) is 3.62.